The average molecular weight is 260 g/mol. The first-order chi connectivity index (χ1) is 9.19. The molecule has 1 saturated carbocycles. The molecule has 3 rings (SSSR count). The number of nitrogens with zero attached hydrogens (tertiary/aromatic N) is 3. The molecule has 1 fully saturated rings. The minimum Gasteiger partial charge on any atom is -0.356 e. The van der Waals surface area contributed by atoms with E-state index >= 15 is 0 Å². The van der Waals surface area contributed by atoms with E-state index in [0.717, 1.165) is 41.5 Å². The molecule has 19 heavy (non-hydrogen) atoms. The lowest BCUT2D eigenvalue weighted by Gasteiger charge is -1.99. The van der Waals surface area contributed by atoms with Crippen LogP contribution in [0.15, 0.2) is 10.6 Å². The standard InChI is InChI=1S/C14H20N4O/c1-4-18-10(3)14(9(2)16-18)13-7-12(17-19-13)8-15-11-5-6-11/h7,11,15H,4-6,8H2,1-3H3. The SMILES string of the molecule is CCn1nc(C)c(-c2cc(CNC3CC3)no2)c1C. The lowest BCUT2D eigenvalue weighted by atomic mass is 10.1. The Labute approximate surface area is 113 Å². The molecule has 0 aromatic carbocycles. The molecule has 2 aromatic heterocycles. The van der Waals surface area contributed by atoms with Gasteiger partial charge in [-0.2, -0.15) is 5.10 Å². The zero-order chi connectivity index (χ0) is 13.4. The van der Waals surface area contributed by atoms with Crippen molar-refractivity contribution in [3.8, 4) is 11.3 Å². The summed E-state index contributed by atoms with van der Waals surface area (Å²) >= 11 is 0. The van der Waals surface area contributed by atoms with E-state index in [0.29, 0.717) is 6.04 Å². The van der Waals surface area contributed by atoms with Crippen LogP contribution in [0.25, 0.3) is 11.3 Å². The van der Waals surface area contributed by atoms with Crippen LogP contribution in [-0.4, -0.2) is 21.0 Å². The van der Waals surface area contributed by atoms with Crippen LogP contribution >= 0.6 is 0 Å². The van der Waals surface area contributed by atoms with E-state index in [4.69, 9.17) is 4.52 Å². The van der Waals surface area contributed by atoms with E-state index in [1.54, 1.807) is 0 Å². The van der Waals surface area contributed by atoms with Crippen LogP contribution in [0.3, 0.4) is 0 Å². The first-order valence-electron chi connectivity index (χ1n) is 6.92. The van der Waals surface area contributed by atoms with E-state index in [2.05, 4.69) is 29.4 Å². The van der Waals surface area contributed by atoms with E-state index in [1.807, 2.05) is 17.7 Å². The molecular weight excluding hydrogens is 240 g/mol. The summed E-state index contributed by atoms with van der Waals surface area (Å²) in [6.45, 7) is 7.84. The van der Waals surface area contributed by atoms with Crippen molar-refractivity contribution in [1.82, 2.24) is 20.3 Å². The Morgan fingerprint density at radius 1 is 1.42 bits per heavy atom. The molecule has 0 unspecified atom stereocenters. The first-order valence-corrected chi connectivity index (χ1v) is 6.92. The zero-order valence-corrected chi connectivity index (χ0v) is 11.7. The molecule has 0 amide bonds. The molecule has 1 aliphatic rings. The number of nitrogens with one attached hydrogen (secondary N) is 1. The maximum Gasteiger partial charge on any atom is 0.170 e. The molecule has 1 aliphatic carbocycles. The topological polar surface area (TPSA) is 55.9 Å². The molecule has 2 heterocycles. The van der Waals surface area contributed by atoms with Gasteiger partial charge in [-0.1, -0.05) is 5.16 Å². The summed E-state index contributed by atoms with van der Waals surface area (Å²) in [5.74, 6) is 0.822. The second kappa shape index (κ2) is 4.81. The van der Waals surface area contributed by atoms with Crippen molar-refractivity contribution in [2.24, 2.45) is 0 Å². The molecule has 1 N–H and O–H groups in total. The zero-order valence-electron chi connectivity index (χ0n) is 11.7. The molecule has 102 valence electrons. The van der Waals surface area contributed by atoms with Gasteiger partial charge in [0.05, 0.1) is 17.0 Å². The molecule has 2 aromatic rings. The Bertz CT molecular complexity index is 580. The molecule has 5 heteroatoms. The number of aryl methyl sites for hydroxylation is 2. The maximum atomic E-state index is 5.48. The van der Waals surface area contributed by atoms with Crippen molar-refractivity contribution in [3.63, 3.8) is 0 Å². The molecule has 0 spiro atoms. The van der Waals surface area contributed by atoms with Crippen molar-refractivity contribution in [2.45, 2.75) is 52.7 Å². The van der Waals surface area contributed by atoms with Gasteiger partial charge in [-0.25, -0.2) is 0 Å². The normalized spacial score (nSPS) is 15.1. The van der Waals surface area contributed by atoms with Gasteiger partial charge >= 0.3 is 0 Å². The fourth-order valence-corrected chi connectivity index (χ4v) is 2.41. The number of rotatable bonds is 5. The predicted molar refractivity (Wildman–Crippen MR) is 72.7 cm³/mol. The van der Waals surface area contributed by atoms with Gasteiger partial charge in [-0.3, -0.25) is 4.68 Å². The van der Waals surface area contributed by atoms with Gasteiger partial charge in [0, 0.05) is 30.9 Å². The summed E-state index contributed by atoms with van der Waals surface area (Å²) in [4.78, 5) is 0. The van der Waals surface area contributed by atoms with Crippen molar-refractivity contribution in [2.75, 3.05) is 0 Å². The van der Waals surface area contributed by atoms with E-state index < -0.39 is 0 Å². The summed E-state index contributed by atoms with van der Waals surface area (Å²) in [7, 11) is 0. The van der Waals surface area contributed by atoms with Crippen LogP contribution in [0.5, 0.6) is 0 Å². The van der Waals surface area contributed by atoms with Crippen molar-refractivity contribution >= 4 is 0 Å². The minimum atomic E-state index is 0.687. The van der Waals surface area contributed by atoms with E-state index in [-0.39, 0.29) is 0 Å². The van der Waals surface area contributed by atoms with Crippen LogP contribution in [0.2, 0.25) is 0 Å². The number of hydrogen-bond acceptors (Lipinski definition) is 4. The summed E-state index contributed by atoms with van der Waals surface area (Å²) in [5.41, 5.74) is 4.17. The van der Waals surface area contributed by atoms with Gasteiger partial charge in [0.15, 0.2) is 5.76 Å². The second-order valence-corrected chi connectivity index (χ2v) is 5.20. The minimum absolute atomic E-state index is 0.687. The number of hydrogen-bond donors (Lipinski definition) is 1. The lowest BCUT2D eigenvalue weighted by Crippen LogP contribution is -2.15. The Kier molecular flexibility index (Phi) is 3.14. The maximum absolute atomic E-state index is 5.48. The molecule has 0 radical (unpaired) electrons. The fourth-order valence-electron chi connectivity index (χ4n) is 2.41. The van der Waals surface area contributed by atoms with Crippen molar-refractivity contribution < 1.29 is 4.52 Å². The van der Waals surface area contributed by atoms with Crippen LogP contribution in [0, 0.1) is 13.8 Å². The summed E-state index contributed by atoms with van der Waals surface area (Å²) in [6, 6.07) is 2.71. The molecule has 0 bridgehead atoms. The van der Waals surface area contributed by atoms with Gasteiger partial charge < -0.3 is 9.84 Å². The Balaban J connectivity index is 1.83. The van der Waals surface area contributed by atoms with Gasteiger partial charge in [-0.05, 0) is 33.6 Å². The van der Waals surface area contributed by atoms with Crippen LogP contribution < -0.4 is 5.32 Å². The van der Waals surface area contributed by atoms with E-state index in [9.17, 15) is 0 Å². The van der Waals surface area contributed by atoms with Crippen LogP contribution in [0.4, 0.5) is 0 Å². The monoisotopic (exact) mass is 260 g/mol. The third-order valence-corrected chi connectivity index (χ3v) is 3.64. The number of aromatic nitrogens is 3. The smallest absolute Gasteiger partial charge is 0.170 e. The van der Waals surface area contributed by atoms with Gasteiger partial charge in [0.1, 0.15) is 0 Å². The molecule has 0 atom stereocenters. The highest BCUT2D eigenvalue weighted by Crippen LogP contribution is 2.28. The molecule has 0 saturated heterocycles. The Morgan fingerprint density at radius 3 is 2.84 bits per heavy atom. The highest BCUT2D eigenvalue weighted by Gasteiger charge is 2.21. The lowest BCUT2D eigenvalue weighted by molar-refractivity contribution is 0.419. The first kappa shape index (κ1) is 12.4. The van der Waals surface area contributed by atoms with Gasteiger partial charge in [0.25, 0.3) is 0 Å². The van der Waals surface area contributed by atoms with Gasteiger partial charge in [0.2, 0.25) is 0 Å². The quantitative estimate of drug-likeness (QED) is 0.897. The Morgan fingerprint density at radius 2 is 2.21 bits per heavy atom. The summed E-state index contributed by atoms with van der Waals surface area (Å²) < 4.78 is 7.47. The molecule has 5 nitrogen and oxygen atoms in total. The van der Waals surface area contributed by atoms with Crippen molar-refractivity contribution in [1.29, 1.82) is 0 Å². The summed E-state index contributed by atoms with van der Waals surface area (Å²) in [5, 5.41) is 12.1. The third-order valence-electron chi connectivity index (χ3n) is 3.64. The summed E-state index contributed by atoms with van der Waals surface area (Å²) in [6.07, 6.45) is 2.57. The molecular formula is C14H20N4O. The highest BCUT2D eigenvalue weighted by molar-refractivity contribution is 5.63. The predicted octanol–water partition coefficient (Wildman–Crippen LogP) is 2.43. The van der Waals surface area contributed by atoms with Crippen LogP contribution in [0.1, 0.15) is 36.8 Å². The third kappa shape index (κ3) is 2.42. The molecule has 0 aliphatic heterocycles. The second-order valence-electron chi connectivity index (χ2n) is 5.20. The van der Waals surface area contributed by atoms with E-state index in [1.165, 1.54) is 12.8 Å². The van der Waals surface area contributed by atoms with Crippen molar-refractivity contribution in [3.05, 3.63) is 23.1 Å². The Hall–Kier alpha value is -1.62. The largest absolute Gasteiger partial charge is 0.356 e. The highest BCUT2D eigenvalue weighted by atomic mass is 16.5. The fraction of sp³-hybridized carbons (Fsp3) is 0.571. The average Bonchev–Trinajstić information content (AvgIpc) is 3.04. The van der Waals surface area contributed by atoms with Gasteiger partial charge in [-0.15, -0.1) is 0 Å². The van der Waals surface area contributed by atoms with Crippen LogP contribution in [-0.2, 0) is 13.1 Å².